The summed E-state index contributed by atoms with van der Waals surface area (Å²) >= 11 is 0. The van der Waals surface area contributed by atoms with Crippen LogP contribution in [0.5, 0.6) is 0 Å². The number of benzene rings is 2. The van der Waals surface area contributed by atoms with Crippen molar-refractivity contribution in [3.05, 3.63) is 59.7 Å². The van der Waals surface area contributed by atoms with Gasteiger partial charge in [-0.05, 0) is 60.8 Å². The summed E-state index contributed by atoms with van der Waals surface area (Å²) in [7, 11) is 0. The molecule has 2 aliphatic rings. The first-order chi connectivity index (χ1) is 16.3. The highest BCUT2D eigenvalue weighted by Gasteiger charge is 2.42. The predicted molar refractivity (Wildman–Crippen MR) is 128 cm³/mol. The second-order valence-corrected chi connectivity index (χ2v) is 9.69. The normalized spacial score (nSPS) is 22.2. The number of nitrogens with one attached hydrogen (secondary N) is 2. The van der Waals surface area contributed by atoms with Crippen LogP contribution in [0.15, 0.2) is 48.5 Å². The number of aliphatic carboxylic acids is 1. The summed E-state index contributed by atoms with van der Waals surface area (Å²) in [5.74, 6) is -0.965. The number of carboxylic acid groups (broad SMARTS) is 1. The van der Waals surface area contributed by atoms with Gasteiger partial charge in [0, 0.05) is 18.4 Å². The minimum atomic E-state index is -1.22. The van der Waals surface area contributed by atoms with Crippen LogP contribution in [-0.2, 0) is 14.3 Å². The number of hydrogen-bond acceptors (Lipinski definition) is 4. The second kappa shape index (κ2) is 9.87. The molecule has 0 bridgehead atoms. The van der Waals surface area contributed by atoms with E-state index in [1.165, 1.54) is 0 Å². The zero-order chi connectivity index (χ0) is 24.3. The summed E-state index contributed by atoms with van der Waals surface area (Å²) in [5, 5.41) is 15.1. The van der Waals surface area contributed by atoms with Crippen molar-refractivity contribution in [3.63, 3.8) is 0 Å². The molecular weight excluding hydrogens is 432 g/mol. The Bertz CT molecular complexity index is 1030. The first-order valence-corrected chi connectivity index (χ1v) is 11.9. The number of fused-ring (bicyclic) bond motifs is 3. The Morgan fingerprint density at radius 3 is 2.15 bits per heavy atom. The van der Waals surface area contributed by atoms with Crippen molar-refractivity contribution in [1.82, 2.24) is 10.6 Å². The third-order valence-corrected chi connectivity index (χ3v) is 7.12. The van der Waals surface area contributed by atoms with Gasteiger partial charge in [0.1, 0.15) is 12.1 Å². The number of rotatable bonds is 7. The highest BCUT2D eigenvalue weighted by atomic mass is 16.5. The zero-order valence-electron chi connectivity index (χ0n) is 19.7. The van der Waals surface area contributed by atoms with Crippen molar-refractivity contribution in [2.75, 3.05) is 6.61 Å². The average Bonchev–Trinajstić information content (AvgIpc) is 3.13. The molecule has 3 N–H and O–H groups in total. The molecule has 4 rings (SSSR count). The van der Waals surface area contributed by atoms with Gasteiger partial charge in [-0.15, -0.1) is 0 Å². The summed E-state index contributed by atoms with van der Waals surface area (Å²) in [4.78, 5) is 36.9. The summed E-state index contributed by atoms with van der Waals surface area (Å²) in [6, 6.07) is 15.7. The molecule has 2 aliphatic carbocycles. The van der Waals surface area contributed by atoms with Gasteiger partial charge < -0.3 is 20.5 Å². The van der Waals surface area contributed by atoms with Crippen LogP contribution in [-0.4, -0.2) is 41.3 Å². The Labute approximate surface area is 199 Å². The van der Waals surface area contributed by atoms with E-state index in [0.29, 0.717) is 18.8 Å². The molecule has 0 radical (unpaired) electrons. The number of carbonyl (C=O) groups is 3. The Morgan fingerprint density at radius 1 is 1.03 bits per heavy atom. The molecule has 0 aromatic heterocycles. The zero-order valence-corrected chi connectivity index (χ0v) is 19.7. The van der Waals surface area contributed by atoms with Crippen molar-refractivity contribution in [2.24, 2.45) is 5.92 Å². The summed E-state index contributed by atoms with van der Waals surface area (Å²) in [6.45, 7) is 3.99. The summed E-state index contributed by atoms with van der Waals surface area (Å²) < 4.78 is 5.54. The van der Waals surface area contributed by atoms with Crippen molar-refractivity contribution in [1.29, 1.82) is 0 Å². The molecule has 1 saturated carbocycles. The van der Waals surface area contributed by atoms with E-state index in [-0.39, 0.29) is 24.9 Å². The second-order valence-electron chi connectivity index (χ2n) is 9.69. The van der Waals surface area contributed by atoms with Gasteiger partial charge in [0.05, 0.1) is 0 Å². The fourth-order valence-electron chi connectivity index (χ4n) is 5.14. The number of hydrogen-bond donors (Lipinski definition) is 3. The van der Waals surface area contributed by atoms with Crippen LogP contribution in [0.3, 0.4) is 0 Å². The number of carboxylic acids is 1. The van der Waals surface area contributed by atoms with Crippen LogP contribution in [0, 0.1) is 5.92 Å². The van der Waals surface area contributed by atoms with Gasteiger partial charge in [0.25, 0.3) is 0 Å². The van der Waals surface area contributed by atoms with Crippen LogP contribution < -0.4 is 10.6 Å². The van der Waals surface area contributed by atoms with Gasteiger partial charge in [-0.2, -0.15) is 0 Å². The van der Waals surface area contributed by atoms with Crippen molar-refractivity contribution in [3.8, 4) is 11.1 Å². The maximum absolute atomic E-state index is 12.6. The largest absolute Gasteiger partial charge is 0.480 e. The highest BCUT2D eigenvalue weighted by molar-refractivity contribution is 5.87. The first kappa shape index (κ1) is 23.8. The van der Waals surface area contributed by atoms with Gasteiger partial charge in [-0.1, -0.05) is 55.5 Å². The number of amides is 2. The van der Waals surface area contributed by atoms with E-state index in [1.54, 1.807) is 6.92 Å². The Morgan fingerprint density at radius 2 is 1.59 bits per heavy atom. The molecule has 0 heterocycles. The molecule has 1 fully saturated rings. The lowest BCUT2D eigenvalue weighted by molar-refractivity contribution is -0.149. The predicted octanol–water partition coefficient (Wildman–Crippen LogP) is 4.45. The van der Waals surface area contributed by atoms with Crippen LogP contribution in [0.1, 0.15) is 63.0 Å². The Balaban J connectivity index is 1.30. The monoisotopic (exact) mass is 464 g/mol. The summed E-state index contributed by atoms with van der Waals surface area (Å²) in [5.41, 5.74) is 3.35. The summed E-state index contributed by atoms with van der Waals surface area (Å²) in [6.07, 6.45) is 1.75. The van der Waals surface area contributed by atoms with E-state index in [1.807, 2.05) is 24.3 Å². The maximum Gasteiger partial charge on any atom is 0.407 e. The molecule has 0 saturated heterocycles. The molecule has 1 unspecified atom stereocenters. The third-order valence-electron chi connectivity index (χ3n) is 7.12. The average molecular weight is 465 g/mol. The first-order valence-electron chi connectivity index (χ1n) is 11.9. The molecule has 7 nitrogen and oxygen atoms in total. The smallest absolute Gasteiger partial charge is 0.407 e. The SMILES string of the molecule is CC1CCC(NC(=O)CC(C)NC(=O)OCC2c3ccccc3-c3ccccc32)(C(=O)O)CC1. The van der Waals surface area contributed by atoms with Crippen LogP contribution in [0.4, 0.5) is 4.79 Å². The van der Waals surface area contributed by atoms with Crippen molar-refractivity contribution in [2.45, 2.75) is 63.5 Å². The van der Waals surface area contributed by atoms with E-state index in [0.717, 1.165) is 35.1 Å². The lowest BCUT2D eigenvalue weighted by atomic mass is 9.77. The van der Waals surface area contributed by atoms with Gasteiger partial charge in [0.2, 0.25) is 5.91 Å². The van der Waals surface area contributed by atoms with E-state index in [9.17, 15) is 19.5 Å². The third kappa shape index (κ3) is 4.93. The molecule has 7 heteroatoms. The van der Waals surface area contributed by atoms with Crippen molar-refractivity contribution < 1.29 is 24.2 Å². The molecule has 2 aromatic rings. The topological polar surface area (TPSA) is 105 Å². The van der Waals surface area contributed by atoms with Gasteiger partial charge >= 0.3 is 12.1 Å². The highest BCUT2D eigenvalue weighted by Crippen LogP contribution is 2.44. The van der Waals surface area contributed by atoms with Gasteiger partial charge in [-0.25, -0.2) is 9.59 Å². The van der Waals surface area contributed by atoms with Gasteiger partial charge in [-0.3, -0.25) is 4.79 Å². The maximum atomic E-state index is 12.6. The van der Waals surface area contributed by atoms with Gasteiger partial charge in [0.15, 0.2) is 0 Å². The van der Waals surface area contributed by atoms with E-state index >= 15 is 0 Å². The Kier molecular flexibility index (Phi) is 6.91. The fraction of sp³-hybridized carbons (Fsp3) is 0.444. The van der Waals surface area contributed by atoms with E-state index in [4.69, 9.17) is 4.74 Å². The molecule has 1 atom stereocenters. The standard InChI is InChI=1S/C27H32N2O5/c1-17-11-13-27(14-12-17,25(31)32)29-24(30)15-18(2)28-26(33)34-16-23-21-9-5-3-7-19(21)20-8-4-6-10-22(20)23/h3-10,17-18,23H,11-16H2,1-2H3,(H,28,33)(H,29,30)(H,31,32). The number of alkyl carbamates (subject to hydrolysis) is 1. The number of carbonyl (C=O) groups excluding carboxylic acids is 2. The molecule has 0 aliphatic heterocycles. The Hall–Kier alpha value is -3.35. The fourth-order valence-corrected chi connectivity index (χ4v) is 5.14. The lowest BCUT2D eigenvalue weighted by Gasteiger charge is -2.36. The minimum Gasteiger partial charge on any atom is -0.480 e. The van der Waals surface area contributed by atoms with Crippen molar-refractivity contribution >= 4 is 18.0 Å². The molecule has 180 valence electrons. The molecule has 2 amide bonds. The molecule has 0 spiro atoms. The quantitative estimate of drug-likeness (QED) is 0.561. The van der Waals surface area contributed by atoms with E-state index < -0.39 is 23.6 Å². The number of ether oxygens (including phenoxy) is 1. The lowest BCUT2D eigenvalue weighted by Crippen LogP contribution is -2.57. The van der Waals surface area contributed by atoms with E-state index in [2.05, 4.69) is 41.8 Å². The molecule has 2 aromatic carbocycles. The van der Waals surface area contributed by atoms with Crippen LogP contribution in [0.25, 0.3) is 11.1 Å². The molecule has 34 heavy (non-hydrogen) atoms. The minimum absolute atomic E-state index is 0.0191. The van der Waals surface area contributed by atoms with Crippen LogP contribution >= 0.6 is 0 Å². The molecular formula is C27H32N2O5. The van der Waals surface area contributed by atoms with Crippen LogP contribution in [0.2, 0.25) is 0 Å².